The minimum Gasteiger partial charge on any atom is -0.397 e. The van der Waals surface area contributed by atoms with E-state index >= 15 is 0 Å². The lowest BCUT2D eigenvalue weighted by Gasteiger charge is -2.33. The molecule has 1 unspecified atom stereocenters. The molecule has 1 aliphatic carbocycles. The normalized spacial score (nSPS) is 21.3. The SMILES string of the molecule is CCCN1/C(=C/C=C2\CCCC(/C=C/C3N(CCC)c4ccccc4C3(C)C)=C2N(N)/C=C(\N)c2ccc(F)c(F)c2)C(C)(C)c2ccccc21. The number of hydrogen-bond acceptors (Lipinski definition) is 5. The van der Waals surface area contributed by atoms with Gasteiger partial charge in [-0.3, -0.25) is 5.01 Å². The van der Waals surface area contributed by atoms with Gasteiger partial charge in [0, 0.05) is 52.8 Å². The second-order valence-electron chi connectivity index (χ2n) is 15.1. The van der Waals surface area contributed by atoms with Crippen molar-refractivity contribution >= 4 is 17.1 Å². The van der Waals surface area contributed by atoms with Crippen LogP contribution in [0.5, 0.6) is 0 Å². The molecular formula is C44H53F2N5. The molecule has 0 saturated carbocycles. The summed E-state index contributed by atoms with van der Waals surface area (Å²) >= 11 is 0. The van der Waals surface area contributed by atoms with E-state index in [2.05, 4.69) is 124 Å². The first kappa shape index (κ1) is 36.2. The van der Waals surface area contributed by atoms with E-state index in [0.29, 0.717) is 5.56 Å². The molecule has 0 radical (unpaired) electrons. The molecule has 0 bridgehead atoms. The molecule has 0 fully saturated rings. The molecule has 0 aromatic heterocycles. The maximum atomic E-state index is 14.2. The van der Waals surface area contributed by atoms with Gasteiger partial charge in [-0.05, 0) is 90.8 Å². The summed E-state index contributed by atoms with van der Waals surface area (Å²) in [6, 6.07) is 21.3. The molecule has 4 N–H and O–H groups in total. The Hall–Kier alpha value is -4.62. The fourth-order valence-electron chi connectivity index (χ4n) is 8.34. The summed E-state index contributed by atoms with van der Waals surface area (Å²) in [5.41, 5.74) is 16.4. The quantitative estimate of drug-likeness (QED) is 0.164. The number of nitrogens with two attached hydrogens (primary N) is 2. The first-order valence-electron chi connectivity index (χ1n) is 18.4. The number of hydrogen-bond donors (Lipinski definition) is 2. The Kier molecular flexibility index (Phi) is 10.3. The van der Waals surface area contributed by atoms with Gasteiger partial charge in [0.05, 0.1) is 17.4 Å². The van der Waals surface area contributed by atoms with Crippen LogP contribution in [0.25, 0.3) is 5.70 Å². The van der Waals surface area contributed by atoms with E-state index in [-0.39, 0.29) is 22.6 Å². The molecule has 2 heterocycles. The number of allylic oxidation sites excluding steroid dienone is 6. The molecule has 1 atom stereocenters. The minimum atomic E-state index is -0.950. The first-order valence-corrected chi connectivity index (χ1v) is 18.4. The highest BCUT2D eigenvalue weighted by Crippen LogP contribution is 2.48. The van der Waals surface area contributed by atoms with E-state index < -0.39 is 11.6 Å². The lowest BCUT2D eigenvalue weighted by Crippen LogP contribution is -2.40. The van der Waals surface area contributed by atoms with E-state index in [9.17, 15) is 8.78 Å². The molecule has 2 aliphatic heterocycles. The number of halogens is 2. The lowest BCUT2D eigenvalue weighted by atomic mass is 9.80. The second-order valence-corrected chi connectivity index (χ2v) is 15.1. The van der Waals surface area contributed by atoms with Crippen molar-refractivity contribution in [3.63, 3.8) is 0 Å². The Morgan fingerprint density at radius 1 is 0.863 bits per heavy atom. The van der Waals surface area contributed by atoms with Crippen molar-refractivity contribution in [2.24, 2.45) is 11.6 Å². The molecule has 51 heavy (non-hydrogen) atoms. The van der Waals surface area contributed by atoms with Gasteiger partial charge in [-0.2, -0.15) is 0 Å². The van der Waals surface area contributed by atoms with E-state index in [4.69, 9.17) is 11.6 Å². The molecule has 3 aromatic rings. The largest absolute Gasteiger partial charge is 0.397 e. The number of fused-ring (bicyclic) bond motifs is 2. The highest BCUT2D eigenvalue weighted by atomic mass is 19.2. The van der Waals surface area contributed by atoms with Crippen LogP contribution in [0.4, 0.5) is 20.2 Å². The third-order valence-corrected chi connectivity index (χ3v) is 10.9. The van der Waals surface area contributed by atoms with E-state index in [1.807, 2.05) is 0 Å². The van der Waals surface area contributed by atoms with Gasteiger partial charge in [0.1, 0.15) is 0 Å². The van der Waals surface area contributed by atoms with Gasteiger partial charge in [-0.15, -0.1) is 0 Å². The highest BCUT2D eigenvalue weighted by Gasteiger charge is 2.43. The summed E-state index contributed by atoms with van der Waals surface area (Å²) in [5, 5.41) is 1.58. The predicted octanol–water partition coefficient (Wildman–Crippen LogP) is 9.99. The zero-order valence-corrected chi connectivity index (χ0v) is 31.0. The van der Waals surface area contributed by atoms with E-state index in [0.717, 1.165) is 74.2 Å². The monoisotopic (exact) mass is 689 g/mol. The Balaban J connectivity index is 1.45. The highest BCUT2D eigenvalue weighted by molar-refractivity contribution is 5.71. The van der Waals surface area contributed by atoms with Crippen molar-refractivity contribution in [3.8, 4) is 0 Å². The van der Waals surface area contributed by atoms with Crippen molar-refractivity contribution in [3.05, 3.63) is 148 Å². The molecular weight excluding hydrogens is 637 g/mol. The molecule has 0 saturated heterocycles. The topological polar surface area (TPSA) is 61.8 Å². The van der Waals surface area contributed by atoms with Crippen LogP contribution < -0.4 is 21.4 Å². The average molecular weight is 690 g/mol. The minimum absolute atomic E-state index is 0.0913. The zero-order chi connectivity index (χ0) is 36.5. The van der Waals surface area contributed by atoms with Crippen molar-refractivity contribution in [2.75, 3.05) is 22.9 Å². The number of hydrazine groups is 1. The van der Waals surface area contributed by atoms with Crippen LogP contribution in [-0.2, 0) is 10.8 Å². The van der Waals surface area contributed by atoms with Crippen LogP contribution in [0.2, 0.25) is 0 Å². The van der Waals surface area contributed by atoms with Crippen LogP contribution in [0, 0.1) is 11.6 Å². The Bertz CT molecular complexity index is 1930. The van der Waals surface area contributed by atoms with Gasteiger partial charge in [0.25, 0.3) is 0 Å². The summed E-state index contributed by atoms with van der Waals surface area (Å²) in [4.78, 5) is 4.97. The molecule has 5 nitrogen and oxygen atoms in total. The first-order chi connectivity index (χ1) is 24.4. The fraction of sp³-hybridized carbons (Fsp3) is 0.364. The van der Waals surface area contributed by atoms with E-state index in [1.54, 1.807) is 11.2 Å². The van der Waals surface area contributed by atoms with Crippen molar-refractivity contribution in [2.45, 2.75) is 90.5 Å². The second kappa shape index (κ2) is 14.5. The van der Waals surface area contributed by atoms with Crippen LogP contribution in [0.3, 0.4) is 0 Å². The summed E-state index contributed by atoms with van der Waals surface area (Å²) in [7, 11) is 0. The molecule has 268 valence electrons. The standard InChI is InChI=1S/C44H53F2N5/c1-7-26-49-38-18-11-9-16-33(38)43(3,4)40(49)24-21-30-14-13-15-31(42(30)51(48)29-37(47)32-20-23-35(45)36(46)28-32)22-25-41-44(5,6)34-17-10-12-19-39(34)50(41)27-8-2/h9-12,16-25,28-29,40H,7-8,13-15,26-27,47-48H2,1-6H3/b24-21+,31-22+,37-29-,41-25+. The third kappa shape index (κ3) is 6.76. The molecule has 0 spiro atoms. The summed E-state index contributed by atoms with van der Waals surface area (Å²) in [6.45, 7) is 15.6. The molecule has 3 aromatic carbocycles. The summed E-state index contributed by atoms with van der Waals surface area (Å²) in [6.07, 6.45) is 15.5. The Morgan fingerprint density at radius 3 is 2.25 bits per heavy atom. The van der Waals surface area contributed by atoms with Crippen LogP contribution in [-0.4, -0.2) is 24.1 Å². The van der Waals surface area contributed by atoms with Crippen LogP contribution >= 0.6 is 0 Å². The number of anilines is 2. The average Bonchev–Trinajstić information content (AvgIpc) is 3.46. The Labute approximate surface area is 303 Å². The van der Waals surface area contributed by atoms with Gasteiger partial charge >= 0.3 is 0 Å². The number of rotatable bonds is 10. The van der Waals surface area contributed by atoms with Gasteiger partial charge in [-0.1, -0.05) is 96.2 Å². The molecule has 6 rings (SSSR count). The smallest absolute Gasteiger partial charge is 0.159 e. The predicted molar refractivity (Wildman–Crippen MR) is 209 cm³/mol. The number of benzene rings is 3. The van der Waals surface area contributed by atoms with Gasteiger partial charge in [0.15, 0.2) is 11.6 Å². The van der Waals surface area contributed by atoms with Crippen LogP contribution in [0.15, 0.2) is 120 Å². The number of nitrogens with zero attached hydrogens (tertiary/aromatic N) is 3. The summed E-state index contributed by atoms with van der Waals surface area (Å²) in [5.74, 6) is 5.07. The van der Waals surface area contributed by atoms with E-state index in [1.165, 1.54) is 34.3 Å². The fourth-order valence-corrected chi connectivity index (χ4v) is 8.34. The maximum absolute atomic E-state index is 14.2. The summed E-state index contributed by atoms with van der Waals surface area (Å²) < 4.78 is 28.0. The van der Waals surface area contributed by atoms with Crippen molar-refractivity contribution in [1.29, 1.82) is 0 Å². The van der Waals surface area contributed by atoms with Gasteiger partial charge < -0.3 is 15.5 Å². The van der Waals surface area contributed by atoms with Gasteiger partial charge in [-0.25, -0.2) is 14.6 Å². The van der Waals surface area contributed by atoms with Gasteiger partial charge in [0.2, 0.25) is 0 Å². The molecule has 0 amide bonds. The van der Waals surface area contributed by atoms with Crippen molar-refractivity contribution in [1.82, 2.24) is 5.01 Å². The number of para-hydroxylation sites is 2. The Morgan fingerprint density at radius 2 is 1.55 bits per heavy atom. The maximum Gasteiger partial charge on any atom is 0.159 e. The third-order valence-electron chi connectivity index (χ3n) is 10.9. The molecule has 7 heteroatoms. The lowest BCUT2D eigenvalue weighted by molar-refractivity contribution is 0.470. The van der Waals surface area contributed by atoms with Crippen molar-refractivity contribution < 1.29 is 8.78 Å². The zero-order valence-electron chi connectivity index (χ0n) is 31.0. The van der Waals surface area contributed by atoms with Crippen LogP contribution in [0.1, 0.15) is 90.3 Å². The molecule has 3 aliphatic rings.